The number of benzene rings is 2. The van der Waals surface area contributed by atoms with E-state index < -0.39 is 0 Å². The molecule has 0 atom stereocenters. The highest BCUT2D eigenvalue weighted by molar-refractivity contribution is 6.07. The highest BCUT2D eigenvalue weighted by Crippen LogP contribution is 2.31. The lowest BCUT2D eigenvalue weighted by molar-refractivity contribution is 0.104. The maximum absolute atomic E-state index is 12.5. The molecule has 27 heavy (non-hydrogen) atoms. The lowest BCUT2D eigenvalue weighted by Gasteiger charge is -2.18. The van der Waals surface area contributed by atoms with Crippen LogP contribution in [0.3, 0.4) is 0 Å². The van der Waals surface area contributed by atoms with Crippen LogP contribution in [-0.2, 0) is 0 Å². The molecule has 0 radical (unpaired) electrons. The minimum Gasteiger partial charge on any atom is -0.491 e. The van der Waals surface area contributed by atoms with Gasteiger partial charge in [-0.15, -0.1) is 0 Å². The van der Waals surface area contributed by atoms with Gasteiger partial charge in [-0.2, -0.15) is 0 Å². The summed E-state index contributed by atoms with van der Waals surface area (Å²) < 4.78 is 11.8. The second kappa shape index (κ2) is 9.26. The fraction of sp³-hybridized carbons (Fsp3) is 0.348. The van der Waals surface area contributed by atoms with E-state index in [9.17, 15) is 4.79 Å². The van der Waals surface area contributed by atoms with Crippen molar-refractivity contribution in [3.8, 4) is 11.5 Å². The van der Waals surface area contributed by atoms with Crippen LogP contribution in [0.5, 0.6) is 11.5 Å². The topological polar surface area (TPSA) is 47.6 Å². The zero-order valence-electron chi connectivity index (χ0n) is 17.0. The summed E-state index contributed by atoms with van der Waals surface area (Å²) in [6.45, 7) is 9.94. The Bertz CT molecular complexity index is 805. The van der Waals surface area contributed by atoms with Crippen molar-refractivity contribution in [1.29, 1.82) is 0 Å². The fourth-order valence-electron chi connectivity index (χ4n) is 2.62. The van der Waals surface area contributed by atoms with E-state index in [0.717, 1.165) is 22.6 Å². The third-order valence-electron chi connectivity index (χ3n) is 3.91. The Morgan fingerprint density at radius 2 is 1.56 bits per heavy atom. The molecular weight excluding hydrogens is 338 g/mol. The molecule has 0 saturated heterocycles. The van der Waals surface area contributed by atoms with Gasteiger partial charge in [0.1, 0.15) is 11.5 Å². The molecule has 0 saturated carbocycles. The number of rotatable bonds is 8. The molecule has 2 aromatic rings. The molecule has 0 aliphatic rings. The second-order valence-corrected chi connectivity index (χ2v) is 7.01. The van der Waals surface area contributed by atoms with Crippen molar-refractivity contribution in [2.24, 2.45) is 0 Å². The largest absolute Gasteiger partial charge is 0.491 e. The summed E-state index contributed by atoms with van der Waals surface area (Å²) in [7, 11) is 1.85. The molecule has 0 fully saturated rings. The van der Waals surface area contributed by atoms with E-state index >= 15 is 0 Å². The van der Waals surface area contributed by atoms with E-state index in [1.165, 1.54) is 0 Å². The van der Waals surface area contributed by atoms with Gasteiger partial charge < -0.3 is 14.8 Å². The van der Waals surface area contributed by atoms with Crippen LogP contribution in [0.4, 0.5) is 5.69 Å². The molecule has 2 rings (SSSR count). The van der Waals surface area contributed by atoms with E-state index in [4.69, 9.17) is 9.47 Å². The maximum atomic E-state index is 12.5. The van der Waals surface area contributed by atoms with Gasteiger partial charge in [0.15, 0.2) is 5.78 Å². The monoisotopic (exact) mass is 367 g/mol. The Labute approximate surface area is 162 Å². The van der Waals surface area contributed by atoms with Crippen molar-refractivity contribution in [2.75, 3.05) is 12.4 Å². The van der Waals surface area contributed by atoms with E-state index in [1.807, 2.05) is 78.1 Å². The number of aryl methyl sites for hydroxylation is 1. The Morgan fingerprint density at radius 1 is 0.963 bits per heavy atom. The number of carbonyl (C=O) groups is 1. The molecule has 0 aliphatic heterocycles. The van der Waals surface area contributed by atoms with Crippen LogP contribution < -0.4 is 14.8 Å². The van der Waals surface area contributed by atoms with Crippen molar-refractivity contribution in [3.05, 3.63) is 59.2 Å². The van der Waals surface area contributed by atoms with Crippen molar-refractivity contribution in [1.82, 2.24) is 0 Å². The minimum atomic E-state index is -0.0479. The Balaban J connectivity index is 2.30. The second-order valence-electron chi connectivity index (χ2n) is 7.01. The Hall–Kier alpha value is -2.75. The SMILES string of the molecule is CNc1ccc(C(=O)/C=C/c2cc(C)c(OC(C)C)cc2OC(C)C)cc1. The first-order valence-electron chi connectivity index (χ1n) is 9.28. The molecule has 4 heteroatoms. The number of hydrogen-bond donors (Lipinski definition) is 1. The molecule has 0 aromatic heterocycles. The number of ketones is 1. The summed E-state index contributed by atoms with van der Waals surface area (Å²) in [5.41, 5.74) is 3.48. The highest BCUT2D eigenvalue weighted by Gasteiger charge is 2.11. The minimum absolute atomic E-state index is 0.0246. The van der Waals surface area contributed by atoms with Crippen LogP contribution in [0.25, 0.3) is 6.08 Å². The summed E-state index contributed by atoms with van der Waals surface area (Å²) in [5, 5.41) is 3.04. The quantitative estimate of drug-likeness (QED) is 0.494. The predicted molar refractivity (Wildman–Crippen MR) is 112 cm³/mol. The van der Waals surface area contributed by atoms with Crippen LogP contribution in [-0.4, -0.2) is 25.0 Å². The van der Waals surface area contributed by atoms with Gasteiger partial charge in [-0.05, 0) is 82.7 Å². The van der Waals surface area contributed by atoms with Crippen molar-refractivity contribution < 1.29 is 14.3 Å². The number of nitrogens with one attached hydrogen (secondary N) is 1. The van der Waals surface area contributed by atoms with Gasteiger partial charge in [0.25, 0.3) is 0 Å². The van der Waals surface area contributed by atoms with Gasteiger partial charge in [0.05, 0.1) is 12.2 Å². The molecule has 144 valence electrons. The average Bonchev–Trinajstić information content (AvgIpc) is 2.62. The first-order chi connectivity index (χ1) is 12.8. The summed E-state index contributed by atoms with van der Waals surface area (Å²) in [6.07, 6.45) is 3.49. The Kier molecular flexibility index (Phi) is 7.05. The molecule has 2 aromatic carbocycles. The van der Waals surface area contributed by atoms with E-state index in [0.29, 0.717) is 11.3 Å². The number of anilines is 1. The number of allylic oxidation sites excluding steroid dienone is 1. The standard InChI is InChI=1S/C23H29NO3/c1-15(2)26-22-14-23(27-16(3)4)19(13-17(22)5)9-12-21(25)18-7-10-20(24-6)11-8-18/h7-16,24H,1-6H3/b12-9+. The van der Waals surface area contributed by atoms with E-state index in [2.05, 4.69) is 5.32 Å². The number of carbonyl (C=O) groups excluding carboxylic acids is 1. The third kappa shape index (κ3) is 5.88. The van der Waals surface area contributed by atoms with E-state index in [1.54, 1.807) is 12.2 Å². The van der Waals surface area contributed by atoms with Crippen molar-refractivity contribution in [3.63, 3.8) is 0 Å². The zero-order chi connectivity index (χ0) is 20.0. The number of hydrogen-bond acceptors (Lipinski definition) is 4. The van der Waals surface area contributed by atoms with Crippen molar-refractivity contribution in [2.45, 2.75) is 46.8 Å². The van der Waals surface area contributed by atoms with Crippen LogP contribution in [0.2, 0.25) is 0 Å². The van der Waals surface area contributed by atoms with E-state index in [-0.39, 0.29) is 18.0 Å². The van der Waals surface area contributed by atoms with Gasteiger partial charge in [0, 0.05) is 29.9 Å². The molecule has 0 heterocycles. The summed E-state index contributed by atoms with van der Waals surface area (Å²) in [6, 6.07) is 11.3. The number of ether oxygens (including phenoxy) is 2. The van der Waals surface area contributed by atoms with Crippen LogP contribution in [0, 0.1) is 6.92 Å². The Morgan fingerprint density at radius 3 is 2.11 bits per heavy atom. The van der Waals surface area contributed by atoms with Gasteiger partial charge in [-0.1, -0.05) is 0 Å². The molecule has 0 spiro atoms. The average molecular weight is 367 g/mol. The summed E-state index contributed by atoms with van der Waals surface area (Å²) in [5.74, 6) is 1.46. The van der Waals surface area contributed by atoms with Gasteiger partial charge in [0.2, 0.25) is 0 Å². The molecule has 0 unspecified atom stereocenters. The summed E-state index contributed by atoms with van der Waals surface area (Å²) in [4.78, 5) is 12.5. The molecule has 1 N–H and O–H groups in total. The molecule has 0 bridgehead atoms. The third-order valence-corrected chi connectivity index (χ3v) is 3.91. The van der Waals surface area contributed by atoms with Crippen molar-refractivity contribution >= 4 is 17.5 Å². The van der Waals surface area contributed by atoms with Gasteiger partial charge >= 0.3 is 0 Å². The molecule has 0 amide bonds. The van der Waals surface area contributed by atoms with Gasteiger partial charge in [-0.3, -0.25) is 4.79 Å². The summed E-state index contributed by atoms with van der Waals surface area (Å²) >= 11 is 0. The zero-order valence-corrected chi connectivity index (χ0v) is 17.0. The fourth-order valence-corrected chi connectivity index (χ4v) is 2.62. The molecule has 0 aliphatic carbocycles. The molecular formula is C23H29NO3. The predicted octanol–water partition coefficient (Wildman–Crippen LogP) is 5.51. The first-order valence-corrected chi connectivity index (χ1v) is 9.28. The van der Waals surface area contributed by atoms with Crippen LogP contribution >= 0.6 is 0 Å². The lowest BCUT2D eigenvalue weighted by Crippen LogP contribution is -2.10. The van der Waals surface area contributed by atoms with Crippen LogP contribution in [0.15, 0.2) is 42.5 Å². The molecule has 4 nitrogen and oxygen atoms in total. The van der Waals surface area contributed by atoms with Gasteiger partial charge in [-0.25, -0.2) is 0 Å². The first kappa shape index (κ1) is 20.6. The lowest BCUT2D eigenvalue weighted by atomic mass is 10.1. The maximum Gasteiger partial charge on any atom is 0.185 e. The smallest absolute Gasteiger partial charge is 0.185 e. The highest BCUT2D eigenvalue weighted by atomic mass is 16.5. The van der Waals surface area contributed by atoms with Crippen LogP contribution in [0.1, 0.15) is 49.2 Å². The normalized spacial score (nSPS) is 11.3.